The van der Waals surface area contributed by atoms with Crippen LogP contribution in [0.3, 0.4) is 0 Å². The molecular formula is C32H22N4O13S5. The number of hydrogen-bond donors (Lipinski definition) is 4. The number of rotatable bonds is 9. The van der Waals surface area contributed by atoms with Crippen LogP contribution >= 0.6 is 11.3 Å². The lowest BCUT2D eigenvalue weighted by atomic mass is 9.83. The molecule has 0 bridgehead atoms. The Kier molecular flexibility index (Phi) is 8.93. The lowest BCUT2D eigenvalue weighted by molar-refractivity contribution is 0.104. The van der Waals surface area contributed by atoms with Gasteiger partial charge in [0.25, 0.3) is 35.9 Å². The molecule has 22 heteroatoms. The third-order valence-corrected chi connectivity index (χ3v) is 12.6. The number of pyridine rings is 1. The van der Waals surface area contributed by atoms with E-state index in [0.717, 1.165) is 40.2 Å². The Morgan fingerprint density at radius 1 is 0.778 bits per heavy atom. The van der Waals surface area contributed by atoms with Crippen molar-refractivity contribution >= 4 is 80.6 Å². The Hall–Kier alpha value is -5.20. The highest BCUT2D eigenvalue weighted by atomic mass is 32.2. The highest BCUT2D eigenvalue weighted by molar-refractivity contribution is 7.87. The number of aryl methyl sites for hydroxylation is 1. The third kappa shape index (κ3) is 6.41. The van der Waals surface area contributed by atoms with Gasteiger partial charge in [-0.3, -0.25) is 27.5 Å². The molecule has 1 aliphatic rings. The zero-order chi connectivity index (χ0) is 39.1. The van der Waals surface area contributed by atoms with Crippen LogP contribution in [0, 0.1) is 6.92 Å². The van der Waals surface area contributed by atoms with E-state index in [1.807, 2.05) is 0 Å². The lowest BCUT2D eigenvalue weighted by Gasteiger charge is -2.27. The summed E-state index contributed by atoms with van der Waals surface area (Å²) in [6.07, 6.45) is 1.26. The molecule has 0 saturated heterocycles. The molecule has 0 radical (unpaired) electrons. The van der Waals surface area contributed by atoms with E-state index >= 15 is 0 Å². The maximum atomic E-state index is 14.6. The number of aromatic nitrogens is 3. The second-order valence-corrected chi connectivity index (χ2v) is 18.3. The van der Waals surface area contributed by atoms with E-state index in [-0.39, 0.29) is 60.4 Å². The molecule has 1 atom stereocenters. The Morgan fingerprint density at radius 2 is 1.41 bits per heavy atom. The van der Waals surface area contributed by atoms with Crippen molar-refractivity contribution in [1.82, 2.24) is 14.8 Å². The van der Waals surface area contributed by atoms with Gasteiger partial charge < -0.3 is 10.1 Å². The summed E-state index contributed by atoms with van der Waals surface area (Å²) in [7, 11) is -16.8. The molecule has 0 amide bonds. The fourth-order valence-corrected chi connectivity index (χ4v) is 9.26. The molecule has 4 aromatic carbocycles. The van der Waals surface area contributed by atoms with Crippen molar-refractivity contribution in [3.8, 4) is 27.8 Å². The lowest BCUT2D eigenvalue weighted by Crippen LogP contribution is -2.27. The van der Waals surface area contributed by atoms with Gasteiger partial charge in [-0.1, -0.05) is 35.6 Å². The smallest absolute Gasteiger partial charge is 0.296 e. The normalized spacial score (nSPS) is 13.5. The maximum absolute atomic E-state index is 14.6. The van der Waals surface area contributed by atoms with Crippen molar-refractivity contribution in [3.05, 3.63) is 99.3 Å². The fraction of sp³-hybridized carbons (Fsp3) is 0.0625. The van der Waals surface area contributed by atoms with Gasteiger partial charge in [0.15, 0.2) is 11.5 Å². The van der Waals surface area contributed by atoms with Gasteiger partial charge >= 0.3 is 0 Å². The van der Waals surface area contributed by atoms with E-state index in [1.165, 1.54) is 30.5 Å². The van der Waals surface area contributed by atoms with Crippen LogP contribution in [0.4, 0.5) is 11.4 Å². The fourth-order valence-electron chi connectivity index (χ4n) is 6.00. The van der Waals surface area contributed by atoms with Gasteiger partial charge in [0.05, 0.1) is 37.5 Å². The summed E-state index contributed by atoms with van der Waals surface area (Å²) < 4.78 is 122. The predicted octanol–water partition coefficient (Wildman–Crippen LogP) is 4.38. The average Bonchev–Trinajstić information content (AvgIpc) is 3.51. The molecule has 278 valence electrons. The van der Waals surface area contributed by atoms with Gasteiger partial charge in [-0.2, -0.15) is 25.3 Å². The van der Waals surface area contributed by atoms with Crippen LogP contribution in [-0.4, -0.2) is 69.9 Å². The monoisotopic (exact) mass is 830 g/mol. The molecule has 17 nitrogen and oxygen atoms in total. The highest BCUT2D eigenvalue weighted by Crippen LogP contribution is 2.49. The van der Waals surface area contributed by atoms with E-state index in [0.29, 0.717) is 11.1 Å². The van der Waals surface area contributed by atoms with Gasteiger partial charge in [-0.05, 0) is 55.0 Å². The Labute approximate surface area is 311 Å². The molecule has 0 saturated carbocycles. The van der Waals surface area contributed by atoms with Crippen LogP contribution in [-0.2, 0) is 41.2 Å². The summed E-state index contributed by atoms with van der Waals surface area (Å²) in [6.45, 7) is 1.62. The van der Waals surface area contributed by atoms with Gasteiger partial charge in [0, 0.05) is 28.8 Å². The molecule has 0 fully saturated rings. The van der Waals surface area contributed by atoms with Gasteiger partial charge in [0.1, 0.15) is 26.1 Å². The second-order valence-electron chi connectivity index (χ2n) is 11.6. The van der Waals surface area contributed by atoms with Crippen LogP contribution in [0.15, 0.2) is 97.2 Å². The molecule has 54 heavy (non-hydrogen) atoms. The SMILES string of the molecule is Cc1nnc(-n2c(=O)c(S(C)=O)c3c4c(c(Nc5ccc(S(=O)(=O)O)cc5S(=O)(=O)O)cc(Oc5ccc(S(=O)(=O)O)cc5)c42)C(=O)c2ccccc2-3)s1. The molecule has 6 aromatic rings. The summed E-state index contributed by atoms with van der Waals surface area (Å²) in [4.78, 5) is 26.5. The van der Waals surface area contributed by atoms with Crippen molar-refractivity contribution in [2.45, 2.75) is 26.5 Å². The topological polar surface area (TPSA) is 266 Å². The van der Waals surface area contributed by atoms with Crippen LogP contribution in [0.2, 0.25) is 0 Å². The van der Waals surface area contributed by atoms with Crippen molar-refractivity contribution < 1.29 is 52.7 Å². The van der Waals surface area contributed by atoms with Gasteiger partial charge in [0.2, 0.25) is 5.13 Å². The number of hydrogen-bond acceptors (Lipinski definition) is 14. The first-order valence-electron chi connectivity index (χ1n) is 14.9. The quantitative estimate of drug-likeness (QED) is 0.147. The highest BCUT2D eigenvalue weighted by Gasteiger charge is 2.36. The average molecular weight is 831 g/mol. The standard InChI is InChI=1S/C32H22N4O13S5/c1-15-34-35-32(50-15)36-28-23(49-16-7-9-17(10-8-16)52(40,41)42)14-22(33-21-12-11-18(53(43,44)45)13-24(21)54(46,47)48)26-27(28)25(30(31(36)38)51(2)39)19-5-3-4-6-20(19)29(26)37/h3-14,33H,1-2H3,(H,40,41,42)(H,43,44,45)(H,46,47,48). The van der Waals surface area contributed by atoms with Crippen LogP contribution in [0.1, 0.15) is 20.9 Å². The largest absolute Gasteiger partial charge is 0.455 e. The number of nitrogens with one attached hydrogen (secondary N) is 1. The minimum Gasteiger partial charge on any atom is -0.455 e. The molecule has 1 aliphatic carbocycles. The first kappa shape index (κ1) is 37.1. The van der Waals surface area contributed by atoms with Gasteiger partial charge in [-0.15, -0.1) is 10.2 Å². The van der Waals surface area contributed by atoms with E-state index in [1.54, 1.807) is 25.1 Å². The number of anilines is 2. The summed E-state index contributed by atoms with van der Waals surface area (Å²) in [6, 6.07) is 14.0. The molecule has 0 aliphatic heterocycles. The molecule has 2 aromatic heterocycles. The van der Waals surface area contributed by atoms with Crippen molar-refractivity contribution in [2.24, 2.45) is 0 Å². The van der Waals surface area contributed by atoms with Gasteiger partial charge in [-0.25, -0.2) is 4.57 Å². The van der Waals surface area contributed by atoms with Crippen molar-refractivity contribution in [1.29, 1.82) is 0 Å². The number of carbonyl (C=O) groups excluding carboxylic acids is 1. The predicted molar refractivity (Wildman–Crippen MR) is 195 cm³/mol. The number of nitrogens with zero attached hydrogens (tertiary/aromatic N) is 3. The van der Waals surface area contributed by atoms with Crippen molar-refractivity contribution in [2.75, 3.05) is 11.6 Å². The number of benzene rings is 4. The summed E-state index contributed by atoms with van der Waals surface area (Å²) in [5.41, 5.74) is -1.45. The van der Waals surface area contributed by atoms with Crippen LogP contribution in [0.5, 0.6) is 11.5 Å². The van der Waals surface area contributed by atoms with E-state index in [4.69, 9.17) is 4.74 Å². The first-order valence-corrected chi connectivity index (χ1v) is 21.6. The minimum absolute atomic E-state index is 0.0187. The van der Waals surface area contributed by atoms with E-state index in [2.05, 4.69) is 15.5 Å². The number of carbonyl (C=O) groups is 1. The summed E-state index contributed by atoms with van der Waals surface area (Å²) in [5.74, 6) is -0.950. The zero-order valence-electron chi connectivity index (χ0n) is 27.2. The minimum atomic E-state index is -5.22. The molecule has 4 N–H and O–H groups in total. The van der Waals surface area contributed by atoms with E-state index < -0.39 is 72.9 Å². The number of fused-ring (bicyclic) bond motifs is 2. The Morgan fingerprint density at radius 3 is 1.98 bits per heavy atom. The third-order valence-electron chi connectivity index (χ3n) is 8.17. The molecule has 2 heterocycles. The summed E-state index contributed by atoms with van der Waals surface area (Å²) >= 11 is 0.976. The zero-order valence-corrected chi connectivity index (χ0v) is 31.3. The first-order chi connectivity index (χ1) is 25.3. The molecular weight excluding hydrogens is 809 g/mol. The second kappa shape index (κ2) is 13.0. The van der Waals surface area contributed by atoms with E-state index in [9.17, 15) is 52.7 Å². The summed E-state index contributed by atoms with van der Waals surface area (Å²) in [5, 5.41) is 11.3. The molecule has 1 unspecified atom stereocenters. The Balaban J connectivity index is 1.65. The molecule has 0 spiro atoms. The Bertz CT molecular complexity index is 3050. The maximum Gasteiger partial charge on any atom is 0.296 e. The van der Waals surface area contributed by atoms with Crippen molar-refractivity contribution in [3.63, 3.8) is 0 Å². The van der Waals surface area contributed by atoms with Crippen LogP contribution < -0.4 is 15.6 Å². The number of ether oxygens (including phenoxy) is 1. The van der Waals surface area contributed by atoms with Crippen LogP contribution in [0.25, 0.3) is 27.2 Å². The number of ketones is 1. The molecule has 7 rings (SSSR count).